The fourth-order valence-corrected chi connectivity index (χ4v) is 2.83. The number of aryl methyl sites for hydroxylation is 1. The molecule has 104 valence electrons. The molecule has 5 heteroatoms. The number of halogens is 3. The van der Waals surface area contributed by atoms with Crippen LogP contribution < -0.4 is 0 Å². The molecule has 2 rings (SSSR count). The smallest absolute Gasteiger partial charge is 0.259 e. The molecule has 1 aliphatic heterocycles. The highest BCUT2D eigenvalue weighted by atomic mass is 79.9. The molecule has 0 bridgehead atoms. The fraction of sp³-hybridized carbons (Fsp3) is 0.500. The Morgan fingerprint density at radius 1 is 1.42 bits per heavy atom. The summed E-state index contributed by atoms with van der Waals surface area (Å²) < 4.78 is 27.7. The Morgan fingerprint density at radius 2 is 2.11 bits per heavy atom. The monoisotopic (exact) mass is 331 g/mol. The van der Waals surface area contributed by atoms with Crippen LogP contribution in [0, 0.1) is 24.5 Å². The highest BCUT2D eigenvalue weighted by Crippen LogP contribution is 2.26. The summed E-state index contributed by atoms with van der Waals surface area (Å²) in [6.45, 7) is 4.63. The Balaban J connectivity index is 2.28. The second kappa shape index (κ2) is 5.57. The summed E-state index contributed by atoms with van der Waals surface area (Å²) >= 11 is 3.51. The normalized spacial score (nSPS) is 23.5. The van der Waals surface area contributed by atoms with E-state index in [-0.39, 0.29) is 10.4 Å². The molecule has 0 spiro atoms. The first kappa shape index (κ1) is 14.4. The number of hydrogen-bond acceptors (Lipinski definition) is 1. The van der Waals surface area contributed by atoms with E-state index in [9.17, 15) is 13.6 Å². The maximum Gasteiger partial charge on any atom is 0.259 e. The molecule has 0 saturated carbocycles. The van der Waals surface area contributed by atoms with Crippen LogP contribution in [-0.2, 0) is 0 Å². The first-order valence-corrected chi connectivity index (χ1v) is 7.21. The molecule has 0 aromatic heterocycles. The molecule has 0 radical (unpaired) electrons. The Labute approximate surface area is 119 Å². The summed E-state index contributed by atoms with van der Waals surface area (Å²) in [5.41, 5.74) is -0.153. The molecular weight excluding hydrogens is 316 g/mol. The van der Waals surface area contributed by atoms with E-state index in [1.807, 2.05) is 0 Å². The second-order valence-electron chi connectivity index (χ2n) is 5.09. The first-order chi connectivity index (χ1) is 8.91. The van der Waals surface area contributed by atoms with Gasteiger partial charge in [0.05, 0.1) is 0 Å². The Morgan fingerprint density at radius 3 is 2.74 bits per heavy atom. The predicted octanol–water partition coefficient (Wildman–Crippen LogP) is 3.52. The number of piperidine rings is 1. The molecular formula is C14H16BrF2NO. The summed E-state index contributed by atoms with van der Waals surface area (Å²) in [7, 11) is 0. The van der Waals surface area contributed by atoms with E-state index >= 15 is 0 Å². The van der Waals surface area contributed by atoms with Crippen molar-refractivity contribution in [1.82, 2.24) is 4.90 Å². The van der Waals surface area contributed by atoms with E-state index in [1.165, 1.54) is 17.9 Å². The van der Waals surface area contributed by atoms with Crippen molar-refractivity contribution < 1.29 is 13.6 Å². The summed E-state index contributed by atoms with van der Waals surface area (Å²) in [6, 6.07) is 2.48. The van der Waals surface area contributed by atoms with Crippen LogP contribution in [0.4, 0.5) is 8.78 Å². The van der Waals surface area contributed by atoms with Crippen LogP contribution in [0.2, 0.25) is 0 Å². The number of alkyl halides is 1. The topological polar surface area (TPSA) is 20.3 Å². The van der Waals surface area contributed by atoms with Crippen LogP contribution >= 0.6 is 15.9 Å². The Bertz CT molecular complexity index is 506. The van der Waals surface area contributed by atoms with Gasteiger partial charge in [0.25, 0.3) is 5.91 Å². The molecule has 1 aromatic carbocycles. The highest BCUT2D eigenvalue weighted by molar-refractivity contribution is 9.09. The van der Waals surface area contributed by atoms with E-state index in [0.29, 0.717) is 19.0 Å². The third kappa shape index (κ3) is 2.81. The fourth-order valence-electron chi connectivity index (χ4n) is 2.22. The number of benzene rings is 1. The van der Waals surface area contributed by atoms with Crippen molar-refractivity contribution in [2.45, 2.75) is 25.1 Å². The largest absolute Gasteiger partial charge is 0.337 e. The van der Waals surface area contributed by atoms with Gasteiger partial charge in [-0.2, -0.15) is 0 Å². The average molecular weight is 332 g/mol. The minimum absolute atomic E-state index is 0.168. The van der Waals surface area contributed by atoms with Crippen molar-refractivity contribution in [3.05, 3.63) is 34.9 Å². The molecule has 1 fully saturated rings. The SMILES string of the molecule is Cc1ccc(F)c(C(=O)N2CCC(C)C(Br)C2)c1F. The molecule has 0 N–H and O–H groups in total. The first-order valence-electron chi connectivity index (χ1n) is 6.29. The quantitative estimate of drug-likeness (QED) is 0.721. The number of rotatable bonds is 1. The van der Waals surface area contributed by atoms with Gasteiger partial charge in [0.1, 0.15) is 17.2 Å². The summed E-state index contributed by atoms with van der Waals surface area (Å²) in [4.78, 5) is 14.0. The van der Waals surface area contributed by atoms with Crippen molar-refractivity contribution in [1.29, 1.82) is 0 Å². The molecule has 2 atom stereocenters. The van der Waals surface area contributed by atoms with Crippen LogP contribution in [0.25, 0.3) is 0 Å². The van der Waals surface area contributed by atoms with Crippen LogP contribution in [-0.4, -0.2) is 28.7 Å². The Hall–Kier alpha value is -0.970. The third-order valence-corrected chi connectivity index (χ3v) is 4.84. The molecule has 0 aliphatic carbocycles. The predicted molar refractivity (Wildman–Crippen MR) is 73.5 cm³/mol. The molecule has 19 heavy (non-hydrogen) atoms. The van der Waals surface area contributed by atoms with E-state index in [2.05, 4.69) is 22.9 Å². The van der Waals surface area contributed by atoms with Crippen LogP contribution in [0.3, 0.4) is 0 Å². The van der Waals surface area contributed by atoms with Crippen molar-refractivity contribution in [3.8, 4) is 0 Å². The molecule has 1 aliphatic rings. The van der Waals surface area contributed by atoms with Gasteiger partial charge in [0.15, 0.2) is 0 Å². The molecule has 1 aromatic rings. The van der Waals surface area contributed by atoms with Crippen molar-refractivity contribution in [2.24, 2.45) is 5.92 Å². The maximum absolute atomic E-state index is 13.9. The van der Waals surface area contributed by atoms with Crippen molar-refractivity contribution in [2.75, 3.05) is 13.1 Å². The zero-order valence-electron chi connectivity index (χ0n) is 10.9. The lowest BCUT2D eigenvalue weighted by Crippen LogP contribution is -2.44. The summed E-state index contributed by atoms with van der Waals surface area (Å²) in [5, 5.41) is 0. The molecule has 2 nitrogen and oxygen atoms in total. The number of nitrogens with zero attached hydrogens (tertiary/aromatic N) is 1. The molecule has 1 amide bonds. The van der Waals surface area contributed by atoms with Gasteiger partial charge in [-0.1, -0.05) is 28.9 Å². The van der Waals surface area contributed by atoms with Crippen molar-refractivity contribution in [3.63, 3.8) is 0 Å². The highest BCUT2D eigenvalue weighted by Gasteiger charge is 2.30. The van der Waals surface area contributed by atoms with E-state index in [4.69, 9.17) is 0 Å². The number of carbonyl (C=O) groups is 1. The standard InChI is InChI=1S/C14H16BrF2NO/c1-8-5-6-18(7-10(8)15)14(19)12-11(16)4-3-9(2)13(12)17/h3-4,8,10H,5-7H2,1-2H3. The van der Waals surface area contributed by atoms with Gasteiger partial charge in [-0.3, -0.25) is 4.79 Å². The lowest BCUT2D eigenvalue weighted by molar-refractivity contribution is 0.0696. The number of amides is 1. The molecule has 1 saturated heterocycles. The summed E-state index contributed by atoms with van der Waals surface area (Å²) in [6.07, 6.45) is 0.830. The lowest BCUT2D eigenvalue weighted by atomic mass is 9.98. The van der Waals surface area contributed by atoms with Crippen LogP contribution in [0.5, 0.6) is 0 Å². The van der Waals surface area contributed by atoms with Gasteiger partial charge in [-0.25, -0.2) is 8.78 Å². The Kier molecular flexibility index (Phi) is 4.23. The second-order valence-corrected chi connectivity index (χ2v) is 6.26. The third-order valence-electron chi connectivity index (χ3n) is 3.65. The number of hydrogen-bond donors (Lipinski definition) is 0. The van der Waals surface area contributed by atoms with Gasteiger partial charge in [-0.15, -0.1) is 0 Å². The average Bonchev–Trinajstić information content (AvgIpc) is 2.37. The number of carbonyl (C=O) groups excluding carboxylic acids is 1. The zero-order valence-corrected chi connectivity index (χ0v) is 12.5. The minimum Gasteiger partial charge on any atom is -0.337 e. The zero-order chi connectivity index (χ0) is 14.2. The van der Waals surface area contributed by atoms with Gasteiger partial charge in [0.2, 0.25) is 0 Å². The van der Waals surface area contributed by atoms with E-state index in [0.717, 1.165) is 12.5 Å². The molecule has 2 unspecified atom stereocenters. The van der Waals surface area contributed by atoms with E-state index < -0.39 is 23.1 Å². The minimum atomic E-state index is -0.794. The van der Waals surface area contributed by atoms with E-state index in [1.54, 1.807) is 0 Å². The summed E-state index contributed by atoms with van der Waals surface area (Å²) in [5.74, 6) is -1.65. The van der Waals surface area contributed by atoms with Crippen LogP contribution in [0.15, 0.2) is 12.1 Å². The number of likely N-dealkylation sites (tertiary alicyclic amines) is 1. The van der Waals surface area contributed by atoms with Gasteiger partial charge < -0.3 is 4.90 Å². The van der Waals surface area contributed by atoms with Gasteiger partial charge in [-0.05, 0) is 30.9 Å². The molecule has 1 heterocycles. The van der Waals surface area contributed by atoms with Gasteiger partial charge in [0, 0.05) is 17.9 Å². The van der Waals surface area contributed by atoms with Crippen LogP contribution in [0.1, 0.15) is 29.3 Å². The van der Waals surface area contributed by atoms with Gasteiger partial charge >= 0.3 is 0 Å². The van der Waals surface area contributed by atoms with Crippen molar-refractivity contribution >= 4 is 21.8 Å². The lowest BCUT2D eigenvalue weighted by Gasteiger charge is -2.34. The maximum atomic E-state index is 13.9.